The Morgan fingerprint density at radius 1 is 1.20 bits per heavy atom. The summed E-state index contributed by atoms with van der Waals surface area (Å²) in [5.74, 6) is -1.32. The Morgan fingerprint density at radius 3 is 2.77 bits per heavy atom. The molecule has 0 saturated heterocycles. The molecular weight excluding hydrogens is 428 g/mol. The number of ether oxygens (including phenoxy) is 1. The van der Waals surface area contributed by atoms with Gasteiger partial charge in [-0.3, -0.25) is 20.2 Å². The summed E-state index contributed by atoms with van der Waals surface area (Å²) >= 11 is 2.21. The van der Waals surface area contributed by atoms with Gasteiger partial charge in [-0.1, -0.05) is 24.3 Å². The fourth-order valence-corrected chi connectivity index (χ4v) is 4.00. The molecule has 4 aromatic rings. The first kappa shape index (κ1) is 19.6. The van der Waals surface area contributed by atoms with E-state index in [4.69, 9.17) is 4.74 Å². The summed E-state index contributed by atoms with van der Waals surface area (Å²) in [6.45, 7) is -0.558. The topological polar surface area (TPSA) is 124 Å². The molecule has 0 aliphatic carbocycles. The van der Waals surface area contributed by atoms with Crippen molar-refractivity contribution in [3.63, 3.8) is 0 Å². The summed E-state index contributed by atoms with van der Waals surface area (Å²) in [6, 6.07) is 12.6. The summed E-state index contributed by atoms with van der Waals surface area (Å²) in [6.07, 6.45) is 1.04. The van der Waals surface area contributed by atoms with Gasteiger partial charge in [0.25, 0.3) is 5.91 Å². The quantitative estimate of drug-likeness (QED) is 0.272. The number of anilines is 1. The molecule has 3 aromatic heterocycles. The Hall–Kier alpha value is -3.70. The highest BCUT2D eigenvalue weighted by molar-refractivity contribution is 7.18. The molecule has 1 N–H and O–H groups in total. The zero-order valence-corrected chi connectivity index (χ0v) is 16.7. The molecule has 0 saturated carbocycles. The first-order valence-corrected chi connectivity index (χ1v) is 10.2. The molecule has 11 heteroatoms. The van der Waals surface area contributed by atoms with Crippen molar-refractivity contribution in [1.29, 1.82) is 0 Å². The molecule has 0 unspecified atom stereocenters. The summed E-state index contributed by atoms with van der Waals surface area (Å²) in [5, 5.41) is 15.4. The molecule has 9 nitrogen and oxygen atoms in total. The van der Waals surface area contributed by atoms with Gasteiger partial charge in [-0.15, -0.1) is 11.3 Å². The number of benzene rings is 1. The van der Waals surface area contributed by atoms with E-state index >= 15 is 0 Å². The third-order valence-electron chi connectivity index (χ3n) is 3.96. The van der Waals surface area contributed by atoms with E-state index < -0.39 is 23.4 Å². The van der Waals surface area contributed by atoms with Crippen molar-refractivity contribution >= 4 is 55.6 Å². The molecule has 0 atom stereocenters. The van der Waals surface area contributed by atoms with Crippen LogP contribution in [0, 0.1) is 10.1 Å². The van der Waals surface area contributed by atoms with Crippen molar-refractivity contribution in [2.24, 2.45) is 0 Å². The van der Waals surface area contributed by atoms with Crippen molar-refractivity contribution in [3.8, 4) is 10.6 Å². The predicted molar refractivity (Wildman–Crippen MR) is 113 cm³/mol. The zero-order chi connectivity index (χ0) is 21.1. The normalized spacial score (nSPS) is 10.7. The van der Waals surface area contributed by atoms with E-state index in [0.29, 0.717) is 33.5 Å². The van der Waals surface area contributed by atoms with Gasteiger partial charge >= 0.3 is 11.0 Å². The van der Waals surface area contributed by atoms with Gasteiger partial charge in [-0.05, 0) is 34.9 Å². The number of para-hydroxylation sites is 1. The molecule has 0 aliphatic rings. The highest BCUT2D eigenvalue weighted by Crippen LogP contribution is 2.28. The minimum atomic E-state index is -0.674. The van der Waals surface area contributed by atoms with Crippen LogP contribution in [0.2, 0.25) is 0 Å². The number of pyridine rings is 1. The van der Waals surface area contributed by atoms with Crippen LogP contribution in [0.4, 0.5) is 10.1 Å². The highest BCUT2D eigenvalue weighted by atomic mass is 32.1. The second-order valence-corrected chi connectivity index (χ2v) is 7.89. The number of thiazole rings is 1. The number of carbonyl (C=O) groups is 2. The standard InChI is InChI=1S/C19H12N4O5S2/c24-16(22-19-20-9-17(30-19)23(26)27)10-28-18(25)12-8-14(15-6-3-7-29-15)21-13-5-2-1-4-11(12)13/h1-9H,10H2,(H,20,22,24). The summed E-state index contributed by atoms with van der Waals surface area (Å²) < 4.78 is 5.16. The van der Waals surface area contributed by atoms with Crippen LogP contribution in [0.25, 0.3) is 21.5 Å². The number of esters is 1. The van der Waals surface area contributed by atoms with Crippen LogP contribution in [0.15, 0.2) is 54.0 Å². The number of nitrogens with one attached hydrogen (secondary N) is 1. The zero-order valence-electron chi connectivity index (χ0n) is 15.1. The van der Waals surface area contributed by atoms with Crippen molar-refractivity contribution < 1.29 is 19.2 Å². The molecular formula is C19H12N4O5S2. The molecule has 3 heterocycles. The highest BCUT2D eigenvalue weighted by Gasteiger charge is 2.18. The summed E-state index contributed by atoms with van der Waals surface area (Å²) in [7, 11) is 0. The number of thiophene rings is 1. The van der Waals surface area contributed by atoms with Crippen LogP contribution in [-0.2, 0) is 9.53 Å². The molecule has 0 spiro atoms. The third-order valence-corrected chi connectivity index (χ3v) is 5.72. The van der Waals surface area contributed by atoms with Gasteiger partial charge in [0.2, 0.25) is 0 Å². The van der Waals surface area contributed by atoms with Gasteiger partial charge < -0.3 is 4.74 Å². The number of nitrogens with zero attached hydrogens (tertiary/aromatic N) is 3. The van der Waals surface area contributed by atoms with Gasteiger partial charge in [0.05, 0.1) is 26.6 Å². The van der Waals surface area contributed by atoms with Crippen LogP contribution in [0.1, 0.15) is 10.4 Å². The van der Waals surface area contributed by atoms with Gasteiger partial charge in [0.15, 0.2) is 11.7 Å². The van der Waals surface area contributed by atoms with Gasteiger partial charge in [0, 0.05) is 5.39 Å². The molecule has 0 radical (unpaired) electrons. The molecule has 150 valence electrons. The number of rotatable bonds is 6. The van der Waals surface area contributed by atoms with Gasteiger partial charge in [0.1, 0.15) is 6.20 Å². The largest absolute Gasteiger partial charge is 0.452 e. The number of aromatic nitrogens is 2. The van der Waals surface area contributed by atoms with E-state index in [1.807, 2.05) is 23.6 Å². The predicted octanol–water partition coefficient (Wildman–Crippen LogP) is 4.12. The van der Waals surface area contributed by atoms with Gasteiger partial charge in [-0.2, -0.15) is 0 Å². The van der Waals surface area contributed by atoms with E-state index in [1.54, 1.807) is 24.3 Å². The second kappa shape index (κ2) is 8.35. The Morgan fingerprint density at radius 2 is 2.03 bits per heavy atom. The molecule has 0 fully saturated rings. The smallest absolute Gasteiger partial charge is 0.345 e. The summed E-state index contributed by atoms with van der Waals surface area (Å²) in [5.41, 5.74) is 1.56. The average molecular weight is 440 g/mol. The maximum absolute atomic E-state index is 12.7. The molecule has 1 aromatic carbocycles. The lowest BCUT2D eigenvalue weighted by Gasteiger charge is -2.09. The van der Waals surface area contributed by atoms with E-state index in [2.05, 4.69) is 15.3 Å². The SMILES string of the molecule is O=C(COC(=O)c1cc(-c2cccs2)nc2ccccc12)Nc1ncc([N+](=O)[O-])s1. The fourth-order valence-electron chi connectivity index (χ4n) is 2.67. The Labute approximate surface area is 177 Å². The van der Waals surface area contributed by atoms with Crippen molar-refractivity contribution in [3.05, 3.63) is 69.7 Å². The number of hydrogen-bond donors (Lipinski definition) is 1. The molecule has 1 amide bonds. The average Bonchev–Trinajstić information content (AvgIpc) is 3.43. The number of nitro groups is 1. The van der Waals surface area contributed by atoms with Gasteiger partial charge in [-0.25, -0.2) is 14.8 Å². The lowest BCUT2D eigenvalue weighted by molar-refractivity contribution is -0.380. The van der Waals surface area contributed by atoms with E-state index in [1.165, 1.54) is 11.3 Å². The first-order chi connectivity index (χ1) is 14.5. The van der Waals surface area contributed by atoms with E-state index in [0.717, 1.165) is 11.1 Å². The van der Waals surface area contributed by atoms with Crippen molar-refractivity contribution in [1.82, 2.24) is 9.97 Å². The lowest BCUT2D eigenvalue weighted by Crippen LogP contribution is -2.21. The Kier molecular flexibility index (Phi) is 5.46. The van der Waals surface area contributed by atoms with Crippen LogP contribution in [-0.4, -0.2) is 33.4 Å². The molecule has 4 rings (SSSR count). The van der Waals surface area contributed by atoms with Crippen LogP contribution in [0.3, 0.4) is 0 Å². The number of fused-ring (bicyclic) bond motifs is 1. The van der Waals surface area contributed by atoms with E-state index in [-0.39, 0.29) is 10.1 Å². The first-order valence-electron chi connectivity index (χ1n) is 8.52. The number of amides is 1. The maximum Gasteiger partial charge on any atom is 0.345 e. The number of hydrogen-bond acceptors (Lipinski definition) is 9. The van der Waals surface area contributed by atoms with Crippen molar-refractivity contribution in [2.75, 3.05) is 11.9 Å². The number of carbonyl (C=O) groups excluding carboxylic acids is 2. The second-order valence-electron chi connectivity index (χ2n) is 5.93. The third kappa shape index (κ3) is 4.16. The minimum absolute atomic E-state index is 0.0529. The molecule has 0 bridgehead atoms. The van der Waals surface area contributed by atoms with Crippen LogP contribution in [0.5, 0.6) is 0 Å². The lowest BCUT2D eigenvalue weighted by atomic mass is 10.1. The van der Waals surface area contributed by atoms with Crippen LogP contribution >= 0.6 is 22.7 Å². The monoisotopic (exact) mass is 440 g/mol. The molecule has 30 heavy (non-hydrogen) atoms. The molecule has 0 aliphatic heterocycles. The summed E-state index contributed by atoms with van der Waals surface area (Å²) in [4.78, 5) is 44.1. The Bertz CT molecular complexity index is 1250. The maximum atomic E-state index is 12.7. The fraction of sp³-hybridized carbons (Fsp3) is 0.0526. The Balaban J connectivity index is 1.51. The van der Waals surface area contributed by atoms with Crippen molar-refractivity contribution in [2.45, 2.75) is 0 Å². The van der Waals surface area contributed by atoms with Crippen LogP contribution < -0.4 is 5.32 Å². The van der Waals surface area contributed by atoms with E-state index in [9.17, 15) is 19.7 Å². The minimum Gasteiger partial charge on any atom is -0.452 e.